The van der Waals surface area contributed by atoms with Crippen LogP contribution in [0.2, 0.25) is 0 Å². The number of ether oxygens (including phenoxy) is 2. The smallest absolute Gasteiger partial charge is 0.248 e. The molecule has 2 aromatic heterocycles. The van der Waals surface area contributed by atoms with Crippen LogP contribution in [0.1, 0.15) is 36.8 Å². The van der Waals surface area contributed by atoms with E-state index in [9.17, 15) is 0 Å². The summed E-state index contributed by atoms with van der Waals surface area (Å²) >= 11 is 1.63. The number of nitrogens with zero attached hydrogens (tertiary/aromatic N) is 3. The minimum atomic E-state index is 0.120. The molecule has 3 aromatic rings. The molecule has 0 N–H and O–H groups in total. The maximum absolute atomic E-state index is 6.02. The summed E-state index contributed by atoms with van der Waals surface area (Å²) in [6.45, 7) is 1.74. The van der Waals surface area contributed by atoms with Crippen molar-refractivity contribution in [2.45, 2.75) is 31.8 Å². The molecular formula is C20H23N3O3S. The molecule has 142 valence electrons. The lowest BCUT2D eigenvalue weighted by molar-refractivity contribution is 0.117. The quantitative estimate of drug-likeness (QED) is 0.621. The van der Waals surface area contributed by atoms with Crippen molar-refractivity contribution < 1.29 is 13.9 Å². The first-order chi connectivity index (χ1) is 13.3. The van der Waals surface area contributed by atoms with Crippen molar-refractivity contribution in [1.82, 2.24) is 15.1 Å². The van der Waals surface area contributed by atoms with Gasteiger partial charge in [-0.25, -0.2) is 0 Å². The molecular weight excluding hydrogens is 362 g/mol. The number of para-hydroxylation sites is 1. The van der Waals surface area contributed by atoms with E-state index in [0.717, 1.165) is 55.0 Å². The van der Waals surface area contributed by atoms with Crippen molar-refractivity contribution in [3.63, 3.8) is 0 Å². The molecule has 1 fully saturated rings. The van der Waals surface area contributed by atoms with Gasteiger partial charge in [0.25, 0.3) is 0 Å². The molecule has 1 aliphatic rings. The summed E-state index contributed by atoms with van der Waals surface area (Å²) in [6.07, 6.45) is 3.33. The zero-order valence-electron chi connectivity index (χ0n) is 15.6. The molecule has 0 aliphatic carbocycles. The Kier molecular flexibility index (Phi) is 5.40. The third-order valence-electron chi connectivity index (χ3n) is 4.97. The lowest BCUT2D eigenvalue weighted by atomic mass is 10.0. The average Bonchev–Trinajstić information content (AvgIpc) is 3.40. The number of hydrogen-bond donors (Lipinski definition) is 0. The highest BCUT2D eigenvalue weighted by Gasteiger charge is 2.29. The highest BCUT2D eigenvalue weighted by atomic mass is 32.1. The van der Waals surface area contributed by atoms with E-state index in [-0.39, 0.29) is 6.04 Å². The molecule has 7 heteroatoms. The fraction of sp³-hybridized carbons (Fsp3) is 0.400. The Balaban J connectivity index is 1.59. The van der Waals surface area contributed by atoms with Gasteiger partial charge in [0, 0.05) is 23.1 Å². The predicted molar refractivity (Wildman–Crippen MR) is 104 cm³/mol. The van der Waals surface area contributed by atoms with Crippen LogP contribution in [0.4, 0.5) is 0 Å². The van der Waals surface area contributed by atoms with E-state index in [4.69, 9.17) is 13.9 Å². The van der Waals surface area contributed by atoms with Gasteiger partial charge in [-0.05, 0) is 36.9 Å². The third kappa shape index (κ3) is 3.70. The number of aromatic nitrogens is 2. The molecule has 0 unspecified atom stereocenters. The van der Waals surface area contributed by atoms with Crippen LogP contribution in [0.15, 0.2) is 39.4 Å². The Bertz CT molecular complexity index is 878. The van der Waals surface area contributed by atoms with Crippen molar-refractivity contribution in [1.29, 1.82) is 0 Å². The van der Waals surface area contributed by atoms with Crippen LogP contribution in [0, 0.1) is 0 Å². The van der Waals surface area contributed by atoms with Gasteiger partial charge in [-0.1, -0.05) is 18.6 Å². The van der Waals surface area contributed by atoms with Gasteiger partial charge in [-0.15, -0.1) is 10.2 Å². The molecule has 1 atom stereocenters. The topological polar surface area (TPSA) is 60.6 Å². The Labute approximate surface area is 162 Å². The number of hydrogen-bond acceptors (Lipinski definition) is 7. The first-order valence-electron chi connectivity index (χ1n) is 9.10. The standard InChI is InChI=1S/C20H23N3O3S/c1-24-17-8-5-6-14(18(17)25-2)12-23-10-4-3-7-16(23)20-22-21-19(26-20)15-9-11-27-13-15/h5-6,8-9,11,13,16H,3-4,7,10,12H2,1-2H3/t16-/m1/s1. The molecule has 3 heterocycles. The fourth-order valence-corrected chi connectivity index (χ4v) is 4.26. The number of rotatable bonds is 6. The van der Waals surface area contributed by atoms with Crippen LogP contribution in [-0.4, -0.2) is 35.9 Å². The summed E-state index contributed by atoms with van der Waals surface area (Å²) in [5.41, 5.74) is 2.08. The van der Waals surface area contributed by atoms with Gasteiger partial charge >= 0.3 is 0 Å². The van der Waals surface area contributed by atoms with E-state index in [2.05, 4.69) is 21.2 Å². The van der Waals surface area contributed by atoms with Crippen molar-refractivity contribution in [3.05, 3.63) is 46.5 Å². The minimum absolute atomic E-state index is 0.120. The first-order valence-corrected chi connectivity index (χ1v) is 10.0. The average molecular weight is 385 g/mol. The summed E-state index contributed by atoms with van der Waals surface area (Å²) in [5, 5.41) is 12.6. The molecule has 1 aromatic carbocycles. The SMILES string of the molecule is COc1cccc(CN2CCCC[C@@H]2c2nnc(-c3ccsc3)o2)c1OC. The molecule has 6 nitrogen and oxygen atoms in total. The zero-order valence-corrected chi connectivity index (χ0v) is 16.4. The molecule has 1 aliphatic heterocycles. The zero-order chi connectivity index (χ0) is 18.6. The summed E-state index contributed by atoms with van der Waals surface area (Å²) in [6, 6.07) is 8.12. The van der Waals surface area contributed by atoms with Crippen LogP contribution in [0.3, 0.4) is 0 Å². The first kappa shape index (κ1) is 18.0. The predicted octanol–water partition coefficient (Wildman–Crippen LogP) is 4.54. The van der Waals surface area contributed by atoms with Gasteiger partial charge in [-0.3, -0.25) is 4.90 Å². The van der Waals surface area contributed by atoms with E-state index in [0.29, 0.717) is 11.8 Å². The normalized spacial score (nSPS) is 17.8. The van der Waals surface area contributed by atoms with Gasteiger partial charge in [0.05, 0.1) is 20.3 Å². The Morgan fingerprint density at radius 3 is 2.89 bits per heavy atom. The number of piperidine rings is 1. The van der Waals surface area contributed by atoms with Crippen molar-refractivity contribution in [2.24, 2.45) is 0 Å². The van der Waals surface area contributed by atoms with E-state index < -0.39 is 0 Å². The van der Waals surface area contributed by atoms with Crippen LogP contribution in [0.5, 0.6) is 11.5 Å². The fourth-order valence-electron chi connectivity index (χ4n) is 3.63. The van der Waals surface area contributed by atoms with Gasteiger partial charge in [0.15, 0.2) is 11.5 Å². The maximum Gasteiger partial charge on any atom is 0.248 e. The molecule has 4 rings (SSSR count). The Hall–Kier alpha value is -2.38. The summed E-state index contributed by atoms with van der Waals surface area (Å²) in [7, 11) is 3.34. The van der Waals surface area contributed by atoms with Crippen molar-refractivity contribution in [2.75, 3.05) is 20.8 Å². The van der Waals surface area contributed by atoms with Gasteiger partial charge in [-0.2, -0.15) is 11.3 Å². The highest BCUT2D eigenvalue weighted by molar-refractivity contribution is 7.08. The molecule has 27 heavy (non-hydrogen) atoms. The maximum atomic E-state index is 6.02. The van der Waals surface area contributed by atoms with E-state index in [1.165, 1.54) is 0 Å². The van der Waals surface area contributed by atoms with Crippen molar-refractivity contribution >= 4 is 11.3 Å². The number of likely N-dealkylation sites (tertiary alicyclic amines) is 1. The molecule has 1 saturated heterocycles. The van der Waals surface area contributed by atoms with E-state index in [1.807, 2.05) is 29.0 Å². The molecule has 0 saturated carbocycles. The second-order valence-corrected chi connectivity index (χ2v) is 7.37. The van der Waals surface area contributed by atoms with Crippen LogP contribution >= 0.6 is 11.3 Å². The second-order valence-electron chi connectivity index (χ2n) is 6.59. The number of methoxy groups -OCH3 is 2. The lowest BCUT2D eigenvalue weighted by Gasteiger charge is -2.33. The molecule has 0 amide bonds. The monoisotopic (exact) mass is 385 g/mol. The lowest BCUT2D eigenvalue weighted by Crippen LogP contribution is -2.33. The summed E-state index contributed by atoms with van der Waals surface area (Å²) in [5.74, 6) is 2.82. The Morgan fingerprint density at radius 2 is 2.11 bits per heavy atom. The molecule has 0 bridgehead atoms. The van der Waals surface area contributed by atoms with Crippen LogP contribution in [0.25, 0.3) is 11.5 Å². The summed E-state index contributed by atoms with van der Waals surface area (Å²) < 4.78 is 17.1. The minimum Gasteiger partial charge on any atom is -0.493 e. The number of benzene rings is 1. The largest absolute Gasteiger partial charge is 0.493 e. The van der Waals surface area contributed by atoms with Crippen LogP contribution < -0.4 is 9.47 Å². The van der Waals surface area contributed by atoms with Gasteiger partial charge < -0.3 is 13.9 Å². The Morgan fingerprint density at radius 1 is 1.19 bits per heavy atom. The number of thiophene rings is 1. The highest BCUT2D eigenvalue weighted by Crippen LogP contribution is 2.37. The van der Waals surface area contributed by atoms with Crippen LogP contribution in [-0.2, 0) is 6.54 Å². The van der Waals surface area contributed by atoms with E-state index >= 15 is 0 Å². The summed E-state index contributed by atoms with van der Waals surface area (Å²) in [4.78, 5) is 2.39. The van der Waals surface area contributed by atoms with Gasteiger partial charge in [0.2, 0.25) is 11.8 Å². The third-order valence-corrected chi connectivity index (χ3v) is 5.65. The van der Waals surface area contributed by atoms with E-state index in [1.54, 1.807) is 25.6 Å². The van der Waals surface area contributed by atoms with Gasteiger partial charge in [0.1, 0.15) is 0 Å². The molecule has 0 spiro atoms. The molecule has 0 radical (unpaired) electrons. The second kappa shape index (κ2) is 8.10. The van der Waals surface area contributed by atoms with Crippen molar-refractivity contribution in [3.8, 4) is 23.0 Å².